The number of piperazine rings is 1. The number of alkyl halides is 3. The zero-order valence-electron chi connectivity index (χ0n) is 16.6. The smallest absolute Gasteiger partial charge is 0.335 e. The highest BCUT2D eigenvalue weighted by molar-refractivity contribution is 8.19. The molecule has 0 saturated carbocycles. The summed E-state index contributed by atoms with van der Waals surface area (Å²) in [5, 5.41) is 0. The first-order chi connectivity index (χ1) is 14.8. The third-order valence-corrected chi connectivity index (χ3v) is 8.47. The van der Waals surface area contributed by atoms with E-state index in [-0.39, 0.29) is 17.4 Å². The van der Waals surface area contributed by atoms with Crippen molar-refractivity contribution in [2.45, 2.75) is 10.8 Å². The maximum absolute atomic E-state index is 12.8. The minimum absolute atomic E-state index is 0.0695. The lowest BCUT2D eigenvalue weighted by atomic mass is 10.1. The third-order valence-electron chi connectivity index (χ3n) is 5.36. The van der Waals surface area contributed by atoms with Gasteiger partial charge in [-0.25, -0.2) is 0 Å². The number of rotatable bonds is 3. The SMILES string of the molecule is O=C(c1ccc(C2SCCS2)cc1)N1CCN(C(=O)c2ccc(C(F)(F)F)cc2)CC1. The van der Waals surface area contributed by atoms with Crippen LogP contribution < -0.4 is 0 Å². The van der Waals surface area contributed by atoms with E-state index in [0.717, 1.165) is 23.6 Å². The summed E-state index contributed by atoms with van der Waals surface area (Å²) in [5.74, 6) is 1.90. The average Bonchev–Trinajstić information content (AvgIpc) is 3.33. The highest BCUT2D eigenvalue weighted by atomic mass is 32.2. The van der Waals surface area contributed by atoms with Crippen LogP contribution in [-0.4, -0.2) is 59.3 Å². The molecule has 9 heteroatoms. The van der Waals surface area contributed by atoms with Gasteiger partial charge in [-0.3, -0.25) is 9.59 Å². The summed E-state index contributed by atoms with van der Waals surface area (Å²) in [4.78, 5) is 28.7. The lowest BCUT2D eigenvalue weighted by molar-refractivity contribution is -0.137. The van der Waals surface area contributed by atoms with Crippen molar-refractivity contribution in [2.75, 3.05) is 37.7 Å². The van der Waals surface area contributed by atoms with E-state index in [1.165, 1.54) is 17.7 Å². The zero-order valence-corrected chi connectivity index (χ0v) is 18.2. The van der Waals surface area contributed by atoms with Crippen molar-refractivity contribution in [2.24, 2.45) is 0 Å². The molecule has 0 unspecified atom stereocenters. The fraction of sp³-hybridized carbons (Fsp3) is 0.364. The lowest BCUT2D eigenvalue weighted by Gasteiger charge is -2.35. The van der Waals surface area contributed by atoms with Crippen molar-refractivity contribution in [1.82, 2.24) is 9.80 Å². The van der Waals surface area contributed by atoms with Crippen molar-refractivity contribution in [3.8, 4) is 0 Å². The third kappa shape index (κ3) is 5.03. The van der Waals surface area contributed by atoms with Crippen LogP contribution >= 0.6 is 23.5 Å². The molecule has 4 nitrogen and oxygen atoms in total. The molecule has 0 bridgehead atoms. The molecule has 2 aromatic carbocycles. The van der Waals surface area contributed by atoms with E-state index in [1.807, 2.05) is 47.8 Å². The maximum Gasteiger partial charge on any atom is 0.416 e. The first kappa shape index (κ1) is 22.1. The fourth-order valence-corrected chi connectivity index (χ4v) is 6.47. The maximum atomic E-state index is 12.8. The van der Waals surface area contributed by atoms with Crippen LogP contribution in [0.2, 0.25) is 0 Å². The first-order valence-electron chi connectivity index (χ1n) is 9.92. The molecule has 0 aromatic heterocycles. The van der Waals surface area contributed by atoms with Crippen LogP contribution in [0.3, 0.4) is 0 Å². The van der Waals surface area contributed by atoms with Gasteiger partial charge >= 0.3 is 6.18 Å². The van der Waals surface area contributed by atoms with E-state index in [0.29, 0.717) is 36.3 Å². The van der Waals surface area contributed by atoms with Gasteiger partial charge in [-0.1, -0.05) is 12.1 Å². The molecule has 0 spiro atoms. The zero-order chi connectivity index (χ0) is 22.0. The Bertz CT molecular complexity index is 935. The Labute approximate surface area is 187 Å². The second kappa shape index (κ2) is 9.16. The van der Waals surface area contributed by atoms with Gasteiger partial charge in [-0.15, -0.1) is 23.5 Å². The molecule has 0 aliphatic carbocycles. The second-order valence-corrected chi connectivity index (χ2v) is 10.1. The topological polar surface area (TPSA) is 40.6 Å². The fourth-order valence-electron chi connectivity index (χ4n) is 3.61. The quantitative estimate of drug-likeness (QED) is 0.653. The van der Waals surface area contributed by atoms with E-state index in [9.17, 15) is 22.8 Å². The number of hydrogen-bond acceptors (Lipinski definition) is 4. The Kier molecular flexibility index (Phi) is 6.52. The number of hydrogen-bond donors (Lipinski definition) is 0. The van der Waals surface area contributed by atoms with Crippen LogP contribution in [0, 0.1) is 0 Å². The average molecular weight is 467 g/mol. The summed E-state index contributed by atoms with van der Waals surface area (Å²) in [5.41, 5.74) is 1.27. The normalized spacial score (nSPS) is 17.8. The van der Waals surface area contributed by atoms with Gasteiger partial charge in [0, 0.05) is 48.8 Å². The molecule has 0 atom stereocenters. The second-order valence-electron chi connectivity index (χ2n) is 7.36. The van der Waals surface area contributed by atoms with E-state index in [1.54, 1.807) is 9.80 Å². The molecule has 2 heterocycles. The molecular formula is C22H21F3N2O2S2. The summed E-state index contributed by atoms with van der Waals surface area (Å²) in [6.45, 7) is 1.47. The van der Waals surface area contributed by atoms with E-state index in [4.69, 9.17) is 0 Å². The Morgan fingerprint density at radius 1 is 0.742 bits per heavy atom. The molecular weight excluding hydrogens is 445 g/mol. The molecule has 4 rings (SSSR count). The van der Waals surface area contributed by atoms with Crippen molar-refractivity contribution < 1.29 is 22.8 Å². The molecule has 2 saturated heterocycles. The van der Waals surface area contributed by atoms with Gasteiger partial charge < -0.3 is 9.80 Å². The van der Waals surface area contributed by atoms with Gasteiger partial charge in [-0.2, -0.15) is 13.2 Å². The highest BCUT2D eigenvalue weighted by Crippen LogP contribution is 2.45. The summed E-state index contributed by atoms with van der Waals surface area (Å²) in [6.07, 6.45) is -4.43. The van der Waals surface area contributed by atoms with Gasteiger partial charge in [0.2, 0.25) is 0 Å². The summed E-state index contributed by atoms with van der Waals surface area (Å²) >= 11 is 3.83. The molecule has 2 aromatic rings. The van der Waals surface area contributed by atoms with Crippen molar-refractivity contribution >= 4 is 35.3 Å². The number of amides is 2. The van der Waals surface area contributed by atoms with Gasteiger partial charge in [0.15, 0.2) is 0 Å². The van der Waals surface area contributed by atoms with Crippen LogP contribution in [0.5, 0.6) is 0 Å². The molecule has 2 aliphatic heterocycles. The minimum atomic E-state index is -4.43. The van der Waals surface area contributed by atoms with Crippen LogP contribution in [0.4, 0.5) is 13.2 Å². The highest BCUT2D eigenvalue weighted by Gasteiger charge is 2.31. The van der Waals surface area contributed by atoms with Gasteiger partial charge in [0.05, 0.1) is 10.1 Å². The predicted octanol–water partition coefficient (Wildman–Crippen LogP) is 4.78. The van der Waals surface area contributed by atoms with Crippen LogP contribution in [-0.2, 0) is 6.18 Å². The predicted molar refractivity (Wildman–Crippen MR) is 117 cm³/mol. The summed E-state index contributed by atoms with van der Waals surface area (Å²) in [7, 11) is 0. The summed E-state index contributed by atoms with van der Waals surface area (Å²) < 4.78 is 38.5. The summed E-state index contributed by atoms with van der Waals surface area (Å²) in [6, 6.07) is 12.0. The first-order valence-corrected chi connectivity index (χ1v) is 12.0. The standard InChI is InChI=1S/C22H21F3N2O2S2/c23-22(24,25)18-7-5-16(6-8-18)20(29)27-11-9-26(10-12-27)19(28)15-1-3-17(4-2-15)21-30-13-14-31-21/h1-8,21H,9-14H2. The Balaban J connectivity index is 1.33. The molecule has 2 aliphatic rings. The van der Waals surface area contributed by atoms with Gasteiger partial charge in [0.1, 0.15) is 0 Å². The molecule has 0 N–H and O–H groups in total. The monoisotopic (exact) mass is 466 g/mol. The number of halogens is 3. The number of benzene rings is 2. The Hall–Kier alpha value is -2.13. The molecule has 2 fully saturated rings. The van der Waals surface area contributed by atoms with Crippen molar-refractivity contribution in [1.29, 1.82) is 0 Å². The number of carbonyl (C=O) groups excluding carboxylic acids is 2. The molecule has 31 heavy (non-hydrogen) atoms. The minimum Gasteiger partial charge on any atom is -0.335 e. The van der Waals surface area contributed by atoms with E-state index < -0.39 is 11.7 Å². The van der Waals surface area contributed by atoms with Crippen molar-refractivity contribution in [3.05, 3.63) is 70.8 Å². The Morgan fingerprint density at radius 3 is 1.58 bits per heavy atom. The number of nitrogens with zero attached hydrogens (tertiary/aromatic N) is 2. The van der Waals surface area contributed by atoms with Gasteiger partial charge in [0.25, 0.3) is 11.8 Å². The Morgan fingerprint density at radius 2 is 1.16 bits per heavy atom. The van der Waals surface area contributed by atoms with Crippen LogP contribution in [0.1, 0.15) is 36.4 Å². The molecule has 2 amide bonds. The van der Waals surface area contributed by atoms with Crippen LogP contribution in [0.15, 0.2) is 48.5 Å². The van der Waals surface area contributed by atoms with Crippen LogP contribution in [0.25, 0.3) is 0 Å². The van der Waals surface area contributed by atoms with E-state index >= 15 is 0 Å². The lowest BCUT2D eigenvalue weighted by Crippen LogP contribution is -2.50. The number of thioether (sulfide) groups is 2. The molecule has 0 radical (unpaired) electrons. The van der Waals surface area contributed by atoms with E-state index in [2.05, 4.69) is 0 Å². The number of carbonyl (C=O) groups is 2. The largest absolute Gasteiger partial charge is 0.416 e. The van der Waals surface area contributed by atoms with Gasteiger partial charge in [-0.05, 0) is 42.0 Å². The molecule has 164 valence electrons. The van der Waals surface area contributed by atoms with Crippen molar-refractivity contribution in [3.63, 3.8) is 0 Å².